The van der Waals surface area contributed by atoms with Crippen LogP contribution in [0.2, 0.25) is 0 Å². The predicted octanol–water partition coefficient (Wildman–Crippen LogP) is 4.80. The Hall–Kier alpha value is -3.85. The number of fused-ring (bicyclic) bond motifs is 1. The highest BCUT2D eigenvalue weighted by Crippen LogP contribution is 2.26. The number of hydrogen-bond acceptors (Lipinski definition) is 5. The SMILES string of the molecule is CN(Cc1nc2ccccc2s1)C(=O)c1ccc(NC(=O)c2cc(F)cc(F)c2)cc1O. The molecule has 0 bridgehead atoms. The molecular formula is C23H17F2N3O3S. The molecule has 0 saturated heterocycles. The largest absolute Gasteiger partial charge is 0.507 e. The van der Waals surface area contributed by atoms with Gasteiger partial charge in [0.05, 0.1) is 22.3 Å². The number of benzene rings is 3. The van der Waals surface area contributed by atoms with Crippen LogP contribution in [-0.4, -0.2) is 33.9 Å². The van der Waals surface area contributed by atoms with Crippen LogP contribution in [0.3, 0.4) is 0 Å². The molecular weight excluding hydrogens is 436 g/mol. The molecule has 1 heterocycles. The minimum atomic E-state index is -0.880. The van der Waals surface area contributed by atoms with Crippen LogP contribution < -0.4 is 5.32 Å². The lowest BCUT2D eigenvalue weighted by molar-refractivity contribution is 0.0782. The Balaban J connectivity index is 1.46. The third-order valence-corrected chi connectivity index (χ3v) is 5.69. The topological polar surface area (TPSA) is 82.5 Å². The van der Waals surface area contributed by atoms with Crippen molar-refractivity contribution in [2.75, 3.05) is 12.4 Å². The summed E-state index contributed by atoms with van der Waals surface area (Å²) in [5, 5.41) is 13.5. The fourth-order valence-corrected chi connectivity index (χ4v) is 4.17. The molecule has 2 amide bonds. The number of aromatic hydroxyl groups is 1. The van der Waals surface area contributed by atoms with E-state index >= 15 is 0 Å². The van der Waals surface area contributed by atoms with Crippen LogP contribution >= 0.6 is 11.3 Å². The minimum absolute atomic E-state index is 0.0448. The second-order valence-electron chi connectivity index (χ2n) is 7.08. The molecule has 32 heavy (non-hydrogen) atoms. The average Bonchev–Trinajstić information content (AvgIpc) is 3.15. The Labute approximate surface area is 185 Å². The molecule has 6 nitrogen and oxygen atoms in total. The highest BCUT2D eigenvalue weighted by Gasteiger charge is 2.19. The van der Waals surface area contributed by atoms with Crippen molar-refractivity contribution in [1.29, 1.82) is 0 Å². The first-order chi connectivity index (χ1) is 15.3. The van der Waals surface area contributed by atoms with Crippen molar-refractivity contribution in [3.05, 3.63) is 88.4 Å². The summed E-state index contributed by atoms with van der Waals surface area (Å²) in [5.41, 5.74) is 0.859. The van der Waals surface area contributed by atoms with Crippen LogP contribution in [-0.2, 0) is 6.54 Å². The van der Waals surface area contributed by atoms with Gasteiger partial charge in [0.2, 0.25) is 0 Å². The van der Waals surface area contributed by atoms with Crippen LogP contribution in [0.4, 0.5) is 14.5 Å². The van der Waals surface area contributed by atoms with Gasteiger partial charge in [-0.25, -0.2) is 13.8 Å². The van der Waals surface area contributed by atoms with Gasteiger partial charge in [-0.05, 0) is 36.4 Å². The third kappa shape index (κ3) is 4.57. The number of nitrogens with zero attached hydrogens (tertiary/aromatic N) is 2. The number of hydrogen-bond donors (Lipinski definition) is 2. The van der Waals surface area contributed by atoms with Gasteiger partial charge < -0.3 is 15.3 Å². The Morgan fingerprint density at radius 1 is 1.06 bits per heavy atom. The minimum Gasteiger partial charge on any atom is -0.507 e. The number of anilines is 1. The number of phenolic OH excluding ortho intramolecular Hbond substituents is 1. The van der Waals surface area contributed by atoms with E-state index in [1.165, 1.54) is 34.4 Å². The monoisotopic (exact) mass is 453 g/mol. The smallest absolute Gasteiger partial charge is 0.257 e. The van der Waals surface area contributed by atoms with Crippen LogP contribution in [0, 0.1) is 11.6 Å². The van der Waals surface area contributed by atoms with E-state index in [9.17, 15) is 23.5 Å². The van der Waals surface area contributed by atoms with Gasteiger partial charge in [0.25, 0.3) is 11.8 Å². The summed E-state index contributed by atoms with van der Waals surface area (Å²) in [6.07, 6.45) is 0. The molecule has 0 atom stereocenters. The number of phenols is 1. The molecule has 0 unspecified atom stereocenters. The van der Waals surface area contributed by atoms with E-state index in [2.05, 4.69) is 10.3 Å². The molecule has 0 spiro atoms. The number of carbonyl (C=O) groups excluding carboxylic acids is 2. The molecule has 2 N–H and O–H groups in total. The second kappa shape index (κ2) is 8.72. The molecule has 4 rings (SSSR count). The highest BCUT2D eigenvalue weighted by atomic mass is 32.1. The van der Waals surface area contributed by atoms with Gasteiger partial charge in [-0.15, -0.1) is 11.3 Å². The summed E-state index contributed by atoms with van der Waals surface area (Å²) in [6.45, 7) is 0.265. The Kier molecular flexibility index (Phi) is 5.83. The molecule has 3 aromatic carbocycles. The van der Waals surface area contributed by atoms with Gasteiger partial charge in [-0.2, -0.15) is 0 Å². The second-order valence-corrected chi connectivity index (χ2v) is 8.20. The summed E-state index contributed by atoms with van der Waals surface area (Å²) < 4.78 is 27.7. The number of halogens is 2. The molecule has 162 valence electrons. The maximum absolute atomic E-state index is 13.3. The normalized spacial score (nSPS) is 10.8. The fourth-order valence-electron chi connectivity index (χ4n) is 3.15. The van der Waals surface area contributed by atoms with Gasteiger partial charge in [0, 0.05) is 30.4 Å². The number of thiazole rings is 1. The van der Waals surface area contributed by atoms with E-state index in [4.69, 9.17) is 0 Å². The average molecular weight is 453 g/mol. The summed E-state index contributed by atoms with van der Waals surface area (Å²) in [4.78, 5) is 30.9. The van der Waals surface area contributed by atoms with Gasteiger partial charge >= 0.3 is 0 Å². The number of para-hydroxylation sites is 1. The van der Waals surface area contributed by atoms with Crippen LogP contribution in [0.15, 0.2) is 60.7 Å². The summed E-state index contributed by atoms with van der Waals surface area (Å²) in [7, 11) is 1.60. The lowest BCUT2D eigenvalue weighted by atomic mass is 10.1. The molecule has 0 aliphatic carbocycles. The number of carbonyl (C=O) groups is 2. The molecule has 9 heteroatoms. The summed E-state index contributed by atoms with van der Waals surface area (Å²) >= 11 is 1.48. The number of aromatic nitrogens is 1. The van der Waals surface area contributed by atoms with Crippen LogP contribution in [0.25, 0.3) is 10.2 Å². The fraction of sp³-hybridized carbons (Fsp3) is 0.0870. The van der Waals surface area contributed by atoms with Crippen molar-refractivity contribution in [1.82, 2.24) is 9.88 Å². The molecule has 4 aromatic rings. The van der Waals surface area contributed by atoms with Crippen molar-refractivity contribution < 1.29 is 23.5 Å². The highest BCUT2D eigenvalue weighted by molar-refractivity contribution is 7.18. The standard InChI is InChI=1S/C23H17F2N3O3S/c1-28(12-21-27-18-4-2-3-5-20(18)32-21)23(31)17-7-6-16(11-19(17)29)26-22(30)13-8-14(24)10-15(25)9-13/h2-11,29H,12H2,1H3,(H,26,30). The van der Waals surface area contributed by atoms with E-state index < -0.39 is 23.4 Å². The first-order valence-corrected chi connectivity index (χ1v) is 10.3. The molecule has 0 saturated carbocycles. The van der Waals surface area contributed by atoms with E-state index in [-0.39, 0.29) is 29.1 Å². The molecule has 0 aliphatic heterocycles. The lowest BCUT2D eigenvalue weighted by Crippen LogP contribution is -2.26. The van der Waals surface area contributed by atoms with E-state index in [0.717, 1.165) is 27.4 Å². The molecule has 1 aromatic heterocycles. The number of rotatable bonds is 5. The van der Waals surface area contributed by atoms with Gasteiger partial charge in [-0.3, -0.25) is 9.59 Å². The summed E-state index contributed by atoms with van der Waals surface area (Å²) in [6, 6.07) is 14.1. The Bertz CT molecular complexity index is 1290. The Morgan fingerprint density at radius 2 is 1.78 bits per heavy atom. The van der Waals surface area contributed by atoms with Crippen LogP contribution in [0.1, 0.15) is 25.7 Å². The van der Waals surface area contributed by atoms with Crippen molar-refractivity contribution in [3.8, 4) is 5.75 Å². The maximum atomic E-state index is 13.3. The van der Waals surface area contributed by atoms with Crippen molar-refractivity contribution >= 4 is 39.1 Å². The first-order valence-electron chi connectivity index (χ1n) is 9.50. The van der Waals surface area contributed by atoms with Gasteiger partial charge in [0.1, 0.15) is 22.4 Å². The van der Waals surface area contributed by atoms with E-state index in [0.29, 0.717) is 6.07 Å². The maximum Gasteiger partial charge on any atom is 0.257 e. The third-order valence-electron chi connectivity index (χ3n) is 4.67. The van der Waals surface area contributed by atoms with Crippen LogP contribution in [0.5, 0.6) is 5.75 Å². The molecule has 0 radical (unpaired) electrons. The van der Waals surface area contributed by atoms with E-state index in [1.807, 2.05) is 24.3 Å². The Morgan fingerprint density at radius 3 is 2.47 bits per heavy atom. The molecule has 0 aliphatic rings. The zero-order valence-corrected chi connectivity index (χ0v) is 17.6. The lowest BCUT2D eigenvalue weighted by Gasteiger charge is -2.17. The predicted molar refractivity (Wildman–Crippen MR) is 118 cm³/mol. The zero-order valence-electron chi connectivity index (χ0n) is 16.8. The van der Waals surface area contributed by atoms with Gasteiger partial charge in [-0.1, -0.05) is 12.1 Å². The summed E-state index contributed by atoms with van der Waals surface area (Å²) in [5.74, 6) is -3.28. The molecule has 0 fully saturated rings. The van der Waals surface area contributed by atoms with Gasteiger partial charge in [0.15, 0.2) is 0 Å². The quantitative estimate of drug-likeness (QED) is 0.455. The first kappa shape index (κ1) is 21.4. The van der Waals surface area contributed by atoms with E-state index in [1.54, 1.807) is 7.05 Å². The van der Waals surface area contributed by atoms with Crippen molar-refractivity contribution in [3.63, 3.8) is 0 Å². The zero-order chi connectivity index (χ0) is 22.8. The van der Waals surface area contributed by atoms with Crippen molar-refractivity contribution in [2.45, 2.75) is 6.54 Å². The number of nitrogens with one attached hydrogen (secondary N) is 1. The number of amides is 2. The van der Waals surface area contributed by atoms with Crippen molar-refractivity contribution in [2.24, 2.45) is 0 Å².